The number of aromatic nitrogens is 1. The molecule has 5 heterocycles. The average molecular weight is 478 g/mol. The maximum atomic E-state index is 13.4. The molecule has 7 nitrogen and oxygen atoms in total. The third kappa shape index (κ3) is 3.25. The number of rotatable bonds is 4. The highest BCUT2D eigenvalue weighted by atomic mass is 35.5. The van der Waals surface area contributed by atoms with Crippen LogP contribution in [0.5, 0.6) is 0 Å². The Morgan fingerprint density at radius 3 is 2.77 bits per heavy atom. The molecule has 6 rings (SSSR count). The van der Waals surface area contributed by atoms with Crippen molar-refractivity contribution in [3.05, 3.63) is 41.7 Å². The first-order chi connectivity index (χ1) is 15.0. The lowest BCUT2D eigenvalue weighted by atomic mass is 10.1. The number of halogens is 1. The van der Waals surface area contributed by atoms with E-state index in [2.05, 4.69) is 9.88 Å². The van der Waals surface area contributed by atoms with E-state index in [4.69, 9.17) is 20.8 Å². The number of fused-ring (bicyclic) bond motifs is 2. The number of furan rings is 1. The first-order valence-corrected chi connectivity index (χ1v) is 13.0. The van der Waals surface area contributed by atoms with Crippen molar-refractivity contribution >= 4 is 50.0 Å². The summed E-state index contributed by atoms with van der Waals surface area (Å²) in [6, 6.07) is 7.77. The van der Waals surface area contributed by atoms with Crippen LogP contribution >= 0.6 is 23.4 Å². The summed E-state index contributed by atoms with van der Waals surface area (Å²) in [6.07, 6.45) is 3.39. The van der Waals surface area contributed by atoms with Crippen molar-refractivity contribution in [3.63, 3.8) is 0 Å². The summed E-state index contributed by atoms with van der Waals surface area (Å²) in [5.74, 6) is 1.34. The molecule has 1 aromatic carbocycles. The molecule has 3 aliphatic heterocycles. The zero-order valence-electron chi connectivity index (χ0n) is 16.5. The Kier molecular flexibility index (Phi) is 4.73. The number of hydrogen-bond acceptors (Lipinski definition) is 7. The second-order valence-corrected chi connectivity index (χ2v) is 11.7. The van der Waals surface area contributed by atoms with Gasteiger partial charge in [-0.25, -0.2) is 8.42 Å². The van der Waals surface area contributed by atoms with E-state index in [1.54, 1.807) is 34.5 Å². The highest BCUT2D eigenvalue weighted by molar-refractivity contribution is 8.00. The van der Waals surface area contributed by atoms with Gasteiger partial charge in [-0.05, 0) is 24.3 Å². The van der Waals surface area contributed by atoms with Crippen LogP contribution in [0.2, 0.25) is 5.02 Å². The molecule has 3 aromatic rings. The van der Waals surface area contributed by atoms with Crippen molar-refractivity contribution in [1.82, 2.24) is 9.88 Å². The van der Waals surface area contributed by atoms with E-state index in [1.165, 1.54) is 0 Å². The minimum absolute atomic E-state index is 0.366. The Balaban J connectivity index is 1.34. The number of likely N-dealkylation sites (tertiary alicyclic amines) is 1. The lowest BCUT2D eigenvalue weighted by Crippen LogP contribution is -2.65. The summed E-state index contributed by atoms with van der Waals surface area (Å²) < 4.78 is 39.7. The van der Waals surface area contributed by atoms with Crippen molar-refractivity contribution in [2.24, 2.45) is 0 Å². The molecule has 0 atom stereocenters. The van der Waals surface area contributed by atoms with Gasteiger partial charge < -0.3 is 9.15 Å². The zero-order valence-corrected chi connectivity index (χ0v) is 18.9. The van der Waals surface area contributed by atoms with Gasteiger partial charge in [0.25, 0.3) is 0 Å². The number of ether oxygens (including phenoxy) is 1. The lowest BCUT2D eigenvalue weighted by molar-refractivity contribution is -0.0830. The van der Waals surface area contributed by atoms with Gasteiger partial charge in [-0.2, -0.15) is 0 Å². The van der Waals surface area contributed by atoms with Gasteiger partial charge in [0.2, 0.25) is 10.0 Å². The molecule has 3 aliphatic rings. The molecule has 0 aliphatic carbocycles. The first kappa shape index (κ1) is 19.9. The van der Waals surface area contributed by atoms with Crippen LogP contribution < -0.4 is 4.31 Å². The standard InChI is InChI=1S/C21H20ClN3O4S2/c22-14-1-2-19-13(5-14)6-20(29-19)17-7-23-8-18-21(17)30-4-3-25(18)31(26,27)16-9-24(10-16)15-11-28-12-15/h1-2,5-8,15-16H,3-4,9-12H2. The van der Waals surface area contributed by atoms with Crippen molar-refractivity contribution in [1.29, 1.82) is 0 Å². The number of thioether (sulfide) groups is 1. The SMILES string of the molecule is O=S(=O)(C1CN(C2COC2)C1)N1CCSc2c(-c3cc4cc(Cl)ccc4o3)cncc21. The molecule has 0 amide bonds. The number of sulfonamides is 1. The number of nitrogens with zero attached hydrogens (tertiary/aromatic N) is 3. The Labute approximate surface area is 189 Å². The smallest absolute Gasteiger partial charge is 0.240 e. The summed E-state index contributed by atoms with van der Waals surface area (Å²) in [5.41, 5.74) is 2.17. The molecule has 2 fully saturated rings. The number of anilines is 1. The van der Waals surface area contributed by atoms with Gasteiger partial charge in [0.15, 0.2) is 0 Å². The van der Waals surface area contributed by atoms with Crippen molar-refractivity contribution in [2.75, 3.05) is 42.9 Å². The number of hydrogen-bond donors (Lipinski definition) is 0. The Morgan fingerprint density at radius 2 is 2.00 bits per heavy atom. The molecular formula is C21H20ClN3O4S2. The van der Waals surface area contributed by atoms with Gasteiger partial charge in [0, 0.05) is 46.9 Å². The van der Waals surface area contributed by atoms with Crippen LogP contribution in [0.15, 0.2) is 46.0 Å². The average Bonchev–Trinajstić information content (AvgIpc) is 3.10. The summed E-state index contributed by atoms with van der Waals surface area (Å²) in [4.78, 5) is 7.44. The fourth-order valence-corrected chi connectivity index (χ4v) is 7.60. The van der Waals surface area contributed by atoms with Gasteiger partial charge in [0.05, 0.1) is 36.7 Å². The second-order valence-electron chi connectivity index (χ2n) is 8.06. The minimum atomic E-state index is -3.47. The molecular weight excluding hydrogens is 458 g/mol. The predicted octanol–water partition coefficient (Wildman–Crippen LogP) is 3.47. The quantitative estimate of drug-likeness (QED) is 0.569. The molecule has 162 valence electrons. The number of benzene rings is 1. The van der Waals surface area contributed by atoms with E-state index in [9.17, 15) is 8.42 Å². The van der Waals surface area contributed by atoms with Gasteiger partial charge in [-0.15, -0.1) is 11.8 Å². The van der Waals surface area contributed by atoms with Crippen molar-refractivity contribution in [2.45, 2.75) is 16.2 Å². The van der Waals surface area contributed by atoms with E-state index in [-0.39, 0.29) is 5.25 Å². The lowest BCUT2D eigenvalue weighted by Gasteiger charge is -2.48. The Morgan fingerprint density at radius 1 is 1.16 bits per heavy atom. The van der Waals surface area contributed by atoms with Crippen molar-refractivity contribution in [3.8, 4) is 11.3 Å². The second kappa shape index (κ2) is 7.38. The molecule has 2 aromatic heterocycles. The van der Waals surface area contributed by atoms with Crippen LogP contribution in [-0.2, 0) is 14.8 Å². The van der Waals surface area contributed by atoms with E-state index < -0.39 is 10.0 Å². The normalized spacial score (nSPS) is 20.5. The third-order valence-corrected chi connectivity index (χ3v) is 9.65. The maximum absolute atomic E-state index is 13.4. The van der Waals surface area contributed by atoms with Crippen LogP contribution in [-0.4, -0.2) is 68.2 Å². The molecule has 0 spiro atoms. The topological polar surface area (TPSA) is 75.9 Å². The monoisotopic (exact) mass is 477 g/mol. The van der Waals surface area contributed by atoms with Gasteiger partial charge in [0.1, 0.15) is 16.6 Å². The van der Waals surface area contributed by atoms with Gasteiger partial charge >= 0.3 is 0 Å². The summed E-state index contributed by atoms with van der Waals surface area (Å²) in [6.45, 7) is 2.97. The Hall–Kier alpha value is -1.78. The third-order valence-electron chi connectivity index (χ3n) is 6.17. The molecule has 10 heteroatoms. The largest absolute Gasteiger partial charge is 0.456 e. The molecule has 2 saturated heterocycles. The molecule has 0 bridgehead atoms. The predicted molar refractivity (Wildman–Crippen MR) is 121 cm³/mol. The summed E-state index contributed by atoms with van der Waals surface area (Å²) >= 11 is 7.75. The first-order valence-electron chi connectivity index (χ1n) is 10.1. The van der Waals surface area contributed by atoms with Crippen molar-refractivity contribution < 1.29 is 17.6 Å². The summed E-state index contributed by atoms with van der Waals surface area (Å²) in [7, 11) is -3.47. The highest BCUT2D eigenvalue weighted by Gasteiger charge is 2.46. The Bertz CT molecular complexity index is 1270. The minimum Gasteiger partial charge on any atom is -0.456 e. The van der Waals surface area contributed by atoms with Crippen LogP contribution in [0.3, 0.4) is 0 Å². The maximum Gasteiger partial charge on any atom is 0.240 e. The molecule has 0 unspecified atom stereocenters. The molecule has 31 heavy (non-hydrogen) atoms. The fraction of sp³-hybridized carbons (Fsp3) is 0.381. The summed E-state index contributed by atoms with van der Waals surface area (Å²) in [5, 5.41) is 1.16. The van der Waals surface area contributed by atoms with Crippen LogP contribution in [0, 0.1) is 0 Å². The van der Waals surface area contributed by atoms with Gasteiger partial charge in [-0.3, -0.25) is 14.2 Å². The van der Waals surface area contributed by atoms with Crippen LogP contribution in [0.25, 0.3) is 22.3 Å². The van der Waals surface area contributed by atoms with E-state index in [1.807, 2.05) is 18.2 Å². The highest BCUT2D eigenvalue weighted by Crippen LogP contribution is 2.44. The number of pyridine rings is 1. The molecule has 0 radical (unpaired) electrons. The van der Waals surface area contributed by atoms with Crippen LogP contribution in [0.4, 0.5) is 5.69 Å². The zero-order chi connectivity index (χ0) is 21.2. The van der Waals surface area contributed by atoms with E-state index in [0.29, 0.717) is 61.1 Å². The van der Waals surface area contributed by atoms with E-state index in [0.717, 1.165) is 21.4 Å². The van der Waals surface area contributed by atoms with Crippen LogP contribution in [0.1, 0.15) is 0 Å². The van der Waals surface area contributed by atoms with E-state index >= 15 is 0 Å². The fourth-order valence-electron chi connectivity index (χ4n) is 4.28. The molecule has 0 saturated carbocycles. The van der Waals surface area contributed by atoms with Gasteiger partial charge in [-0.1, -0.05) is 11.6 Å². The molecule has 0 N–H and O–H groups in total.